The van der Waals surface area contributed by atoms with Crippen LogP contribution < -0.4 is 4.74 Å². The molecular weight excluding hydrogens is 230 g/mol. The number of carboxylic acid groups (broad SMARTS) is 1. The summed E-state index contributed by atoms with van der Waals surface area (Å²) in [5.74, 6) is -2.50. The van der Waals surface area contributed by atoms with Crippen molar-refractivity contribution in [3.63, 3.8) is 0 Å². The minimum atomic E-state index is -1.31. The highest BCUT2D eigenvalue weighted by molar-refractivity contribution is 5.89. The van der Waals surface area contributed by atoms with E-state index >= 15 is 0 Å². The Bertz CT molecular complexity index is 508. The molecule has 0 radical (unpaired) electrons. The predicted octanol–water partition coefficient (Wildman–Crippen LogP) is 1.38. The average Bonchev–Trinajstić information content (AvgIpc) is 2.28. The lowest BCUT2D eigenvalue weighted by atomic mass is 10.2. The average molecular weight is 237 g/mol. The molecule has 17 heavy (non-hydrogen) atoms. The molecule has 1 N–H and O–H groups in total. The highest BCUT2D eigenvalue weighted by Crippen LogP contribution is 2.28. The van der Waals surface area contributed by atoms with Crippen molar-refractivity contribution in [3.05, 3.63) is 46.5 Å². The number of rotatable bonds is 4. The van der Waals surface area contributed by atoms with Crippen molar-refractivity contribution in [2.45, 2.75) is 0 Å². The molecule has 0 saturated heterocycles. The molecule has 1 aromatic rings. The van der Waals surface area contributed by atoms with Gasteiger partial charge in [0.1, 0.15) is 0 Å². The summed E-state index contributed by atoms with van der Waals surface area (Å²) >= 11 is 0. The summed E-state index contributed by atoms with van der Waals surface area (Å²) in [7, 11) is 0. The van der Waals surface area contributed by atoms with E-state index < -0.39 is 22.5 Å². The van der Waals surface area contributed by atoms with E-state index in [-0.39, 0.29) is 11.3 Å². The van der Waals surface area contributed by atoms with Gasteiger partial charge in [0.05, 0.1) is 10.5 Å². The van der Waals surface area contributed by atoms with Gasteiger partial charge in [0, 0.05) is 12.1 Å². The summed E-state index contributed by atoms with van der Waals surface area (Å²) in [4.78, 5) is 31.3. The Morgan fingerprint density at radius 1 is 1.47 bits per heavy atom. The lowest BCUT2D eigenvalue weighted by Gasteiger charge is -2.03. The number of carboxylic acids is 1. The van der Waals surface area contributed by atoms with Gasteiger partial charge < -0.3 is 9.84 Å². The first-order chi connectivity index (χ1) is 7.95. The molecule has 0 unspecified atom stereocenters. The van der Waals surface area contributed by atoms with Crippen LogP contribution in [0.5, 0.6) is 5.75 Å². The Morgan fingerprint density at radius 2 is 2.12 bits per heavy atom. The molecule has 0 saturated carbocycles. The molecule has 0 aliphatic rings. The number of hydrogen-bond donors (Lipinski definition) is 1. The summed E-state index contributed by atoms with van der Waals surface area (Å²) in [6.45, 7) is 3.14. The third-order valence-electron chi connectivity index (χ3n) is 1.78. The summed E-state index contributed by atoms with van der Waals surface area (Å²) in [5.41, 5.74) is -0.866. The van der Waals surface area contributed by atoms with E-state index in [0.717, 1.165) is 24.3 Å². The van der Waals surface area contributed by atoms with Crippen molar-refractivity contribution in [2.24, 2.45) is 0 Å². The smallest absolute Gasteiger partial charge is 0.335 e. The maximum absolute atomic E-state index is 10.9. The topological polar surface area (TPSA) is 107 Å². The Balaban J connectivity index is 3.22. The van der Waals surface area contributed by atoms with Gasteiger partial charge in [-0.15, -0.1) is 0 Å². The highest BCUT2D eigenvalue weighted by Gasteiger charge is 2.19. The van der Waals surface area contributed by atoms with Crippen LogP contribution in [0.4, 0.5) is 5.69 Å². The standard InChI is InChI=1S/C10H7NO6/c1-2-9(12)17-8-4-3-6(10(13)14)5-7(8)11(15)16/h2-5H,1H2,(H,13,14). The molecule has 7 heteroatoms. The molecular formula is C10H7NO6. The third-order valence-corrected chi connectivity index (χ3v) is 1.78. The second kappa shape index (κ2) is 4.88. The molecule has 0 amide bonds. The Kier molecular flexibility index (Phi) is 3.55. The number of aromatic carboxylic acids is 1. The third kappa shape index (κ3) is 2.88. The Labute approximate surface area is 95.1 Å². The molecule has 0 atom stereocenters. The largest absolute Gasteiger partial charge is 0.478 e. The number of ether oxygens (including phenoxy) is 1. The zero-order valence-corrected chi connectivity index (χ0v) is 8.45. The van der Waals surface area contributed by atoms with E-state index in [2.05, 4.69) is 11.3 Å². The van der Waals surface area contributed by atoms with Crippen molar-refractivity contribution in [1.29, 1.82) is 0 Å². The van der Waals surface area contributed by atoms with Crippen molar-refractivity contribution in [3.8, 4) is 5.75 Å². The quantitative estimate of drug-likeness (QED) is 0.279. The maximum atomic E-state index is 10.9. The Morgan fingerprint density at radius 3 is 2.59 bits per heavy atom. The van der Waals surface area contributed by atoms with Crippen molar-refractivity contribution in [2.75, 3.05) is 0 Å². The van der Waals surface area contributed by atoms with Crippen molar-refractivity contribution in [1.82, 2.24) is 0 Å². The molecule has 0 aliphatic heterocycles. The van der Waals surface area contributed by atoms with E-state index in [9.17, 15) is 19.7 Å². The molecule has 88 valence electrons. The normalized spacial score (nSPS) is 9.41. The molecule has 0 fully saturated rings. The molecule has 0 spiro atoms. The van der Waals surface area contributed by atoms with Crippen LogP contribution in [-0.4, -0.2) is 22.0 Å². The van der Waals surface area contributed by atoms with Crippen LogP contribution in [0, 0.1) is 10.1 Å². The van der Waals surface area contributed by atoms with Crippen LogP contribution in [0.3, 0.4) is 0 Å². The molecule has 7 nitrogen and oxygen atoms in total. The van der Waals surface area contributed by atoms with Crippen LogP contribution in [0.15, 0.2) is 30.9 Å². The number of nitrogens with zero attached hydrogens (tertiary/aromatic N) is 1. The fourth-order valence-corrected chi connectivity index (χ4v) is 1.03. The van der Waals surface area contributed by atoms with Crippen molar-refractivity contribution >= 4 is 17.6 Å². The molecule has 0 aliphatic carbocycles. The SMILES string of the molecule is C=CC(=O)Oc1ccc(C(=O)O)cc1[N+](=O)[O-]. The molecule has 0 bridgehead atoms. The monoisotopic (exact) mass is 237 g/mol. The number of benzene rings is 1. The van der Waals surface area contributed by atoms with E-state index in [4.69, 9.17) is 5.11 Å². The highest BCUT2D eigenvalue weighted by atomic mass is 16.6. The van der Waals surface area contributed by atoms with E-state index in [1.807, 2.05) is 0 Å². The zero-order valence-electron chi connectivity index (χ0n) is 8.45. The number of hydrogen-bond acceptors (Lipinski definition) is 5. The summed E-state index contributed by atoms with van der Waals surface area (Å²) in [5, 5.41) is 19.3. The van der Waals surface area contributed by atoms with Crippen LogP contribution in [0.2, 0.25) is 0 Å². The van der Waals surface area contributed by atoms with Gasteiger partial charge in [0.25, 0.3) is 0 Å². The van der Waals surface area contributed by atoms with Crippen LogP contribution in [0.1, 0.15) is 10.4 Å². The molecule has 0 aromatic heterocycles. The van der Waals surface area contributed by atoms with Gasteiger partial charge in [-0.1, -0.05) is 6.58 Å². The molecule has 0 heterocycles. The lowest BCUT2D eigenvalue weighted by Crippen LogP contribution is -2.06. The van der Waals surface area contributed by atoms with E-state index in [1.165, 1.54) is 0 Å². The van der Waals surface area contributed by atoms with Crippen LogP contribution >= 0.6 is 0 Å². The molecule has 1 rings (SSSR count). The number of nitro groups is 1. The first kappa shape index (κ1) is 12.4. The van der Waals surface area contributed by atoms with E-state index in [0.29, 0.717) is 0 Å². The minimum Gasteiger partial charge on any atom is -0.478 e. The van der Waals surface area contributed by atoms with Gasteiger partial charge in [-0.05, 0) is 12.1 Å². The van der Waals surface area contributed by atoms with Gasteiger partial charge in [-0.2, -0.15) is 0 Å². The second-order valence-corrected chi connectivity index (χ2v) is 2.87. The first-order valence-electron chi connectivity index (χ1n) is 4.31. The summed E-state index contributed by atoms with van der Waals surface area (Å²) in [6, 6.07) is 2.96. The van der Waals surface area contributed by atoms with Crippen LogP contribution in [-0.2, 0) is 4.79 Å². The first-order valence-corrected chi connectivity index (χ1v) is 4.31. The maximum Gasteiger partial charge on any atom is 0.335 e. The van der Waals surface area contributed by atoms with E-state index in [1.54, 1.807) is 0 Å². The Hall–Kier alpha value is -2.70. The number of carbonyl (C=O) groups excluding carboxylic acids is 1. The van der Waals surface area contributed by atoms with Gasteiger partial charge in [0.2, 0.25) is 5.75 Å². The predicted molar refractivity (Wildman–Crippen MR) is 55.9 cm³/mol. The summed E-state index contributed by atoms with van der Waals surface area (Å²) in [6.07, 6.45) is 0.842. The number of nitro benzene ring substituents is 1. The fourth-order valence-electron chi connectivity index (χ4n) is 1.03. The number of carbonyl (C=O) groups is 2. The van der Waals surface area contributed by atoms with Gasteiger partial charge in [-0.3, -0.25) is 10.1 Å². The van der Waals surface area contributed by atoms with Crippen LogP contribution in [0.25, 0.3) is 0 Å². The van der Waals surface area contributed by atoms with Crippen molar-refractivity contribution < 1.29 is 24.4 Å². The second-order valence-electron chi connectivity index (χ2n) is 2.87. The van der Waals surface area contributed by atoms with Gasteiger partial charge in [0.15, 0.2) is 0 Å². The summed E-state index contributed by atoms with van der Waals surface area (Å²) < 4.78 is 4.60. The van der Waals surface area contributed by atoms with Gasteiger partial charge >= 0.3 is 17.6 Å². The lowest BCUT2D eigenvalue weighted by molar-refractivity contribution is -0.385. The zero-order chi connectivity index (χ0) is 13.0. The minimum absolute atomic E-state index is 0.268. The molecule has 1 aromatic carbocycles. The van der Waals surface area contributed by atoms with Gasteiger partial charge in [-0.25, -0.2) is 9.59 Å². The fraction of sp³-hybridized carbons (Fsp3) is 0. The number of esters is 1.